The summed E-state index contributed by atoms with van der Waals surface area (Å²) in [6.07, 6.45) is -0.879. The second kappa shape index (κ2) is 5.08. The van der Waals surface area contributed by atoms with Gasteiger partial charge in [0.05, 0.1) is 23.2 Å². The molecule has 0 spiro atoms. The van der Waals surface area contributed by atoms with E-state index in [4.69, 9.17) is 0 Å². The number of benzene rings is 3. The first-order valence-corrected chi connectivity index (χ1v) is 8.80. The van der Waals surface area contributed by atoms with Crippen molar-refractivity contribution in [3.8, 4) is 0 Å². The molecule has 0 unspecified atom stereocenters. The first-order chi connectivity index (χ1) is 11.1. The Morgan fingerprint density at radius 1 is 0.913 bits per heavy atom. The highest BCUT2D eigenvalue weighted by molar-refractivity contribution is 7.93. The maximum atomic E-state index is 12.8. The molecule has 0 saturated carbocycles. The maximum absolute atomic E-state index is 12.8. The highest BCUT2D eigenvalue weighted by atomic mass is 32.2. The molecule has 1 N–H and O–H groups in total. The Hall–Kier alpha value is -2.37. The molecule has 1 atom stereocenters. The first-order valence-electron chi connectivity index (χ1n) is 7.36. The zero-order valence-corrected chi connectivity index (χ0v) is 13.1. The van der Waals surface area contributed by atoms with Crippen molar-refractivity contribution >= 4 is 26.5 Å². The number of nitrogens with zero attached hydrogens (tertiary/aromatic N) is 1. The van der Waals surface area contributed by atoms with Gasteiger partial charge in [0.25, 0.3) is 10.0 Å². The van der Waals surface area contributed by atoms with Crippen LogP contribution in [-0.4, -0.2) is 20.1 Å². The molecule has 23 heavy (non-hydrogen) atoms. The highest BCUT2D eigenvalue weighted by Gasteiger charge is 2.36. The van der Waals surface area contributed by atoms with Crippen LogP contribution in [0.4, 0.5) is 5.69 Å². The van der Waals surface area contributed by atoms with Gasteiger partial charge in [-0.05, 0) is 23.1 Å². The van der Waals surface area contributed by atoms with Gasteiger partial charge in [-0.2, -0.15) is 0 Å². The summed E-state index contributed by atoms with van der Waals surface area (Å²) in [5.74, 6) is 0. The van der Waals surface area contributed by atoms with Gasteiger partial charge in [-0.15, -0.1) is 0 Å². The van der Waals surface area contributed by atoms with Gasteiger partial charge >= 0.3 is 0 Å². The van der Waals surface area contributed by atoms with E-state index in [9.17, 15) is 13.5 Å². The van der Waals surface area contributed by atoms with Gasteiger partial charge in [0.15, 0.2) is 0 Å². The van der Waals surface area contributed by atoms with E-state index in [1.165, 1.54) is 4.31 Å². The second-order valence-corrected chi connectivity index (χ2v) is 7.42. The van der Waals surface area contributed by atoms with Gasteiger partial charge in [-0.3, -0.25) is 4.31 Å². The monoisotopic (exact) mass is 325 g/mol. The third-order valence-corrected chi connectivity index (χ3v) is 6.03. The fourth-order valence-corrected chi connectivity index (χ4v) is 4.81. The summed E-state index contributed by atoms with van der Waals surface area (Å²) in [5, 5.41) is 12.1. The van der Waals surface area contributed by atoms with Crippen molar-refractivity contribution in [1.29, 1.82) is 0 Å². The molecule has 1 heterocycles. The Kier molecular flexibility index (Phi) is 3.14. The van der Waals surface area contributed by atoms with Crippen molar-refractivity contribution in [1.82, 2.24) is 0 Å². The molecule has 4 rings (SSSR count). The summed E-state index contributed by atoms with van der Waals surface area (Å²) in [7, 11) is -3.63. The van der Waals surface area contributed by atoms with Gasteiger partial charge in [0, 0.05) is 5.39 Å². The minimum absolute atomic E-state index is 0.000139. The summed E-state index contributed by atoms with van der Waals surface area (Å²) in [5.41, 5.74) is 1.33. The van der Waals surface area contributed by atoms with Crippen LogP contribution in [0.3, 0.4) is 0 Å². The van der Waals surface area contributed by atoms with Gasteiger partial charge in [-0.1, -0.05) is 54.6 Å². The molecule has 116 valence electrons. The van der Waals surface area contributed by atoms with Crippen LogP contribution in [0.1, 0.15) is 11.7 Å². The van der Waals surface area contributed by atoms with Crippen LogP contribution in [0.15, 0.2) is 71.6 Å². The number of sulfonamides is 1. The molecule has 1 aliphatic heterocycles. The average Bonchev–Trinajstić information content (AvgIpc) is 2.79. The van der Waals surface area contributed by atoms with Gasteiger partial charge in [-0.25, -0.2) is 8.42 Å². The number of anilines is 1. The normalized spacial score (nSPS) is 16.7. The maximum Gasteiger partial charge on any atom is 0.265 e. The van der Waals surface area contributed by atoms with Crippen LogP contribution in [0.2, 0.25) is 0 Å². The molecular formula is C18H15NO3S. The van der Waals surface area contributed by atoms with E-state index in [1.54, 1.807) is 30.3 Å². The Labute approximate surface area is 134 Å². The summed E-state index contributed by atoms with van der Waals surface area (Å²) in [4.78, 5) is 0.311. The molecule has 0 radical (unpaired) electrons. The van der Waals surface area contributed by atoms with Crippen molar-refractivity contribution in [2.24, 2.45) is 0 Å². The molecule has 5 heteroatoms. The SMILES string of the molecule is O=S1(=O)c2cccc3cccc(c23)N1C[C@@H](O)c1ccccc1. The van der Waals surface area contributed by atoms with Crippen molar-refractivity contribution in [2.75, 3.05) is 10.8 Å². The molecule has 0 aromatic heterocycles. The summed E-state index contributed by atoms with van der Waals surface area (Å²) < 4.78 is 27.0. The van der Waals surface area contributed by atoms with Crippen LogP contribution in [0.25, 0.3) is 10.8 Å². The molecule has 0 saturated heterocycles. The lowest BCUT2D eigenvalue weighted by molar-refractivity contribution is 0.188. The van der Waals surface area contributed by atoms with Gasteiger partial charge in [0.1, 0.15) is 0 Å². The van der Waals surface area contributed by atoms with Crippen molar-refractivity contribution < 1.29 is 13.5 Å². The number of aliphatic hydroxyl groups excluding tert-OH is 1. The lowest BCUT2D eigenvalue weighted by Crippen LogP contribution is -2.31. The number of hydrogen-bond acceptors (Lipinski definition) is 3. The van der Waals surface area contributed by atoms with Crippen molar-refractivity contribution in [3.63, 3.8) is 0 Å². The van der Waals surface area contributed by atoms with Crippen molar-refractivity contribution in [2.45, 2.75) is 11.0 Å². The van der Waals surface area contributed by atoms with E-state index in [1.807, 2.05) is 36.4 Å². The van der Waals surface area contributed by atoms with E-state index in [-0.39, 0.29) is 6.54 Å². The largest absolute Gasteiger partial charge is 0.387 e. The van der Waals surface area contributed by atoms with E-state index in [2.05, 4.69) is 0 Å². The topological polar surface area (TPSA) is 57.6 Å². The summed E-state index contributed by atoms with van der Waals surface area (Å²) in [6.45, 7) is 0.000139. The molecule has 4 nitrogen and oxygen atoms in total. The number of hydrogen-bond donors (Lipinski definition) is 1. The molecular weight excluding hydrogens is 310 g/mol. The Bertz CT molecular complexity index is 978. The smallest absolute Gasteiger partial charge is 0.265 e. The lowest BCUT2D eigenvalue weighted by atomic mass is 10.1. The predicted octanol–water partition coefficient (Wildman–Crippen LogP) is 3.08. The zero-order valence-electron chi connectivity index (χ0n) is 12.3. The molecule has 0 amide bonds. The zero-order chi connectivity index (χ0) is 16.0. The standard InChI is InChI=1S/C18H15NO3S/c20-16(13-6-2-1-3-7-13)12-19-15-10-4-8-14-9-5-11-17(18(14)15)23(19,21)22/h1-11,16,20H,12H2/t16-/m1/s1. The van der Waals surface area contributed by atoms with Crippen LogP contribution in [0, 0.1) is 0 Å². The van der Waals surface area contributed by atoms with Crippen LogP contribution in [0.5, 0.6) is 0 Å². The summed E-state index contributed by atoms with van der Waals surface area (Å²) in [6, 6.07) is 19.9. The van der Waals surface area contributed by atoms with Gasteiger partial charge < -0.3 is 5.11 Å². The number of aliphatic hydroxyl groups is 1. The quantitative estimate of drug-likeness (QED) is 0.805. The minimum Gasteiger partial charge on any atom is -0.387 e. The summed E-state index contributed by atoms with van der Waals surface area (Å²) >= 11 is 0. The average molecular weight is 325 g/mol. The van der Waals surface area contributed by atoms with Crippen molar-refractivity contribution in [3.05, 3.63) is 72.3 Å². The predicted molar refractivity (Wildman–Crippen MR) is 89.9 cm³/mol. The Morgan fingerprint density at radius 2 is 1.61 bits per heavy atom. The molecule has 3 aromatic rings. The Morgan fingerprint density at radius 3 is 2.35 bits per heavy atom. The van der Waals surface area contributed by atoms with Crippen LogP contribution in [-0.2, 0) is 10.0 Å². The first kappa shape index (κ1) is 14.2. The molecule has 1 aliphatic rings. The number of β-amino-alcohol motifs (C(OH)–C–C–N with tert-alkyl or cyclic N) is 1. The Balaban J connectivity index is 1.81. The molecule has 0 fully saturated rings. The van der Waals surface area contributed by atoms with E-state index in [0.29, 0.717) is 16.1 Å². The fourth-order valence-electron chi connectivity index (χ4n) is 3.09. The molecule has 0 aliphatic carbocycles. The second-order valence-electron chi connectivity index (χ2n) is 5.59. The highest BCUT2D eigenvalue weighted by Crippen LogP contribution is 2.42. The third kappa shape index (κ3) is 2.12. The van der Waals surface area contributed by atoms with E-state index < -0.39 is 16.1 Å². The fraction of sp³-hybridized carbons (Fsp3) is 0.111. The molecule has 0 bridgehead atoms. The minimum atomic E-state index is -3.63. The molecule has 3 aromatic carbocycles. The van der Waals surface area contributed by atoms with E-state index >= 15 is 0 Å². The van der Waals surface area contributed by atoms with Crippen LogP contribution >= 0.6 is 0 Å². The van der Waals surface area contributed by atoms with Crippen LogP contribution < -0.4 is 4.31 Å². The number of rotatable bonds is 3. The third-order valence-electron chi connectivity index (χ3n) is 4.20. The van der Waals surface area contributed by atoms with Gasteiger partial charge in [0.2, 0.25) is 0 Å². The lowest BCUT2D eigenvalue weighted by Gasteiger charge is -2.22. The van der Waals surface area contributed by atoms with E-state index in [0.717, 1.165) is 10.8 Å².